The van der Waals surface area contributed by atoms with Crippen molar-refractivity contribution >= 4 is 27.0 Å². The van der Waals surface area contributed by atoms with E-state index in [2.05, 4.69) is 0 Å². The van der Waals surface area contributed by atoms with Crippen molar-refractivity contribution in [2.24, 2.45) is 0 Å². The van der Waals surface area contributed by atoms with Crippen LogP contribution in [0.4, 0.5) is 8.78 Å². The molecule has 0 bridgehead atoms. The quantitative estimate of drug-likeness (QED) is 0.782. The number of benzene rings is 2. The molecule has 1 aliphatic carbocycles. The van der Waals surface area contributed by atoms with Crippen molar-refractivity contribution in [3.8, 4) is 6.07 Å². The van der Waals surface area contributed by atoms with E-state index in [0.717, 1.165) is 12.3 Å². The lowest BCUT2D eigenvalue weighted by atomic mass is 9.86. The Bertz CT molecular complexity index is 1070. The number of hydrogen-bond acceptors (Lipinski definition) is 3. The van der Waals surface area contributed by atoms with Gasteiger partial charge < -0.3 is 0 Å². The van der Waals surface area contributed by atoms with Gasteiger partial charge in [-0.2, -0.15) is 5.26 Å². The lowest BCUT2D eigenvalue weighted by Crippen LogP contribution is -2.07. The average Bonchev–Trinajstić information content (AvgIpc) is 2.52. The molecule has 128 valence electrons. The predicted molar refractivity (Wildman–Crippen MR) is 91.0 cm³/mol. The Hall–Kier alpha value is -2.23. The van der Waals surface area contributed by atoms with Crippen LogP contribution in [0.1, 0.15) is 28.7 Å². The summed E-state index contributed by atoms with van der Waals surface area (Å²) in [7, 11) is -3.64. The molecule has 0 saturated carbocycles. The monoisotopic (exact) mass is 379 g/mol. The van der Waals surface area contributed by atoms with Crippen LogP contribution in [0.3, 0.4) is 0 Å². The summed E-state index contributed by atoms with van der Waals surface area (Å²) < 4.78 is 51.5. The maximum atomic E-state index is 14.4. The van der Waals surface area contributed by atoms with E-state index in [1.807, 2.05) is 0 Å². The first kappa shape index (κ1) is 17.6. The van der Waals surface area contributed by atoms with Crippen LogP contribution in [0.2, 0.25) is 5.02 Å². The molecule has 25 heavy (non-hydrogen) atoms. The molecule has 0 N–H and O–H groups in total. The second kappa shape index (κ2) is 6.25. The van der Waals surface area contributed by atoms with Crippen molar-refractivity contribution in [1.82, 2.24) is 0 Å². The van der Waals surface area contributed by atoms with Gasteiger partial charge in [0.2, 0.25) is 0 Å². The summed E-state index contributed by atoms with van der Waals surface area (Å²) in [6, 6.07) is 6.60. The Labute approximate surface area is 149 Å². The Kier molecular flexibility index (Phi) is 4.40. The zero-order chi connectivity index (χ0) is 18.4. The van der Waals surface area contributed by atoms with E-state index < -0.39 is 21.5 Å². The SMILES string of the molecule is CS(=O)(=O)c1ccc(C2=CCCc3cc(F)cc(F)c32)c(Cl)c1C#N. The van der Waals surface area contributed by atoms with Gasteiger partial charge in [0.15, 0.2) is 9.84 Å². The molecule has 1 aliphatic rings. The van der Waals surface area contributed by atoms with E-state index in [0.29, 0.717) is 29.5 Å². The fourth-order valence-electron chi connectivity index (χ4n) is 3.02. The zero-order valence-corrected chi connectivity index (χ0v) is 14.7. The Balaban J connectivity index is 2.27. The van der Waals surface area contributed by atoms with Gasteiger partial charge in [-0.05, 0) is 36.1 Å². The summed E-state index contributed by atoms with van der Waals surface area (Å²) in [5.41, 5.74) is 1.33. The summed E-state index contributed by atoms with van der Waals surface area (Å²) >= 11 is 6.28. The Morgan fingerprint density at radius 1 is 1.24 bits per heavy atom. The van der Waals surface area contributed by atoms with Crippen molar-refractivity contribution < 1.29 is 17.2 Å². The van der Waals surface area contributed by atoms with Gasteiger partial charge >= 0.3 is 0 Å². The second-order valence-corrected chi connectivity index (χ2v) is 8.12. The standard InChI is InChI=1S/C18H12ClF2NO2S/c1-25(23,24)16-6-5-13(18(19)14(16)9-22)12-4-2-3-10-7-11(20)8-15(21)17(10)12/h4-8H,2-3H2,1H3. The molecule has 0 unspecified atom stereocenters. The van der Waals surface area contributed by atoms with Gasteiger partial charge in [0.1, 0.15) is 17.7 Å². The van der Waals surface area contributed by atoms with Crippen LogP contribution < -0.4 is 0 Å². The first-order valence-corrected chi connectivity index (χ1v) is 9.62. The summed E-state index contributed by atoms with van der Waals surface area (Å²) in [6.45, 7) is 0. The third kappa shape index (κ3) is 3.06. The third-order valence-electron chi connectivity index (χ3n) is 4.07. The van der Waals surface area contributed by atoms with E-state index in [9.17, 15) is 22.5 Å². The number of rotatable bonds is 2. The highest BCUT2D eigenvalue weighted by atomic mass is 35.5. The fourth-order valence-corrected chi connectivity index (χ4v) is 4.22. The molecular formula is C18H12ClF2NO2S. The zero-order valence-electron chi connectivity index (χ0n) is 13.1. The molecule has 0 aromatic heterocycles. The number of fused-ring (bicyclic) bond motifs is 1. The van der Waals surface area contributed by atoms with E-state index in [4.69, 9.17) is 11.6 Å². The van der Waals surface area contributed by atoms with Crippen LogP contribution in [-0.4, -0.2) is 14.7 Å². The van der Waals surface area contributed by atoms with E-state index in [1.165, 1.54) is 18.2 Å². The molecule has 0 aliphatic heterocycles. The minimum absolute atomic E-state index is 0.0618. The van der Waals surface area contributed by atoms with Gasteiger partial charge in [-0.25, -0.2) is 17.2 Å². The van der Waals surface area contributed by atoms with E-state index in [-0.39, 0.29) is 21.0 Å². The number of sulfone groups is 1. The summed E-state index contributed by atoms with van der Waals surface area (Å²) in [5.74, 6) is -1.38. The Morgan fingerprint density at radius 3 is 2.60 bits per heavy atom. The Morgan fingerprint density at radius 2 is 1.96 bits per heavy atom. The minimum Gasteiger partial charge on any atom is -0.224 e. The lowest BCUT2D eigenvalue weighted by molar-refractivity contribution is 0.576. The van der Waals surface area contributed by atoms with Gasteiger partial charge in [0.05, 0.1) is 15.5 Å². The first-order chi connectivity index (χ1) is 11.7. The third-order valence-corrected chi connectivity index (χ3v) is 5.61. The number of nitrogens with zero attached hydrogens (tertiary/aromatic N) is 1. The van der Waals surface area contributed by atoms with Crippen LogP contribution >= 0.6 is 11.6 Å². The fraction of sp³-hybridized carbons (Fsp3) is 0.167. The van der Waals surface area contributed by atoms with Crippen LogP contribution in [0.25, 0.3) is 5.57 Å². The van der Waals surface area contributed by atoms with Crippen LogP contribution in [0.5, 0.6) is 0 Å². The number of hydrogen-bond donors (Lipinski definition) is 0. The average molecular weight is 380 g/mol. The summed E-state index contributed by atoms with van der Waals surface area (Å²) in [5, 5.41) is 9.27. The topological polar surface area (TPSA) is 57.9 Å². The molecule has 0 radical (unpaired) electrons. The molecule has 7 heteroatoms. The normalized spacial score (nSPS) is 13.8. The second-order valence-electron chi connectivity index (χ2n) is 5.76. The molecule has 0 saturated heterocycles. The summed E-state index contributed by atoms with van der Waals surface area (Å²) in [4.78, 5) is -0.181. The summed E-state index contributed by atoms with van der Waals surface area (Å²) in [6.07, 6.45) is 3.78. The molecule has 2 aromatic carbocycles. The van der Waals surface area contributed by atoms with Crippen LogP contribution in [0, 0.1) is 23.0 Å². The number of aryl methyl sites for hydroxylation is 1. The largest absolute Gasteiger partial charge is 0.224 e. The molecular weight excluding hydrogens is 368 g/mol. The maximum Gasteiger partial charge on any atom is 0.176 e. The van der Waals surface area contributed by atoms with Gasteiger partial charge in [0, 0.05) is 23.4 Å². The van der Waals surface area contributed by atoms with Crippen LogP contribution in [0.15, 0.2) is 35.2 Å². The van der Waals surface area contributed by atoms with Crippen molar-refractivity contribution in [3.05, 3.63) is 69.3 Å². The van der Waals surface area contributed by atoms with Gasteiger partial charge in [-0.15, -0.1) is 0 Å². The van der Waals surface area contributed by atoms with Gasteiger partial charge in [-0.1, -0.05) is 23.7 Å². The van der Waals surface area contributed by atoms with E-state index >= 15 is 0 Å². The lowest BCUT2D eigenvalue weighted by Gasteiger charge is -2.20. The molecule has 0 amide bonds. The van der Waals surface area contributed by atoms with Crippen molar-refractivity contribution in [1.29, 1.82) is 5.26 Å². The highest BCUT2D eigenvalue weighted by Gasteiger charge is 2.25. The minimum atomic E-state index is -3.64. The highest BCUT2D eigenvalue weighted by Crippen LogP contribution is 2.39. The number of nitriles is 1. The van der Waals surface area contributed by atoms with Crippen LogP contribution in [-0.2, 0) is 16.3 Å². The van der Waals surface area contributed by atoms with Crippen molar-refractivity contribution in [2.75, 3.05) is 6.26 Å². The van der Waals surface area contributed by atoms with Gasteiger partial charge in [-0.3, -0.25) is 0 Å². The predicted octanol–water partition coefficient (Wildman–Crippen LogP) is 4.27. The van der Waals surface area contributed by atoms with Crippen molar-refractivity contribution in [3.63, 3.8) is 0 Å². The molecule has 0 heterocycles. The number of halogens is 3. The number of allylic oxidation sites excluding steroid dienone is 1. The molecule has 0 atom stereocenters. The maximum absolute atomic E-state index is 14.4. The molecule has 0 spiro atoms. The smallest absolute Gasteiger partial charge is 0.176 e. The molecule has 3 nitrogen and oxygen atoms in total. The van der Waals surface area contributed by atoms with Crippen molar-refractivity contribution in [2.45, 2.75) is 17.7 Å². The molecule has 2 aromatic rings. The first-order valence-electron chi connectivity index (χ1n) is 7.35. The molecule has 0 fully saturated rings. The molecule has 3 rings (SSSR count). The highest BCUT2D eigenvalue weighted by molar-refractivity contribution is 7.90. The van der Waals surface area contributed by atoms with E-state index in [1.54, 1.807) is 12.1 Å². The van der Waals surface area contributed by atoms with Gasteiger partial charge in [0.25, 0.3) is 0 Å².